The normalized spacial score (nSPS) is 15.2. The summed E-state index contributed by atoms with van der Waals surface area (Å²) in [5.41, 5.74) is 1.84. The molecule has 1 aromatic carbocycles. The third-order valence-electron chi connectivity index (χ3n) is 4.16. The summed E-state index contributed by atoms with van der Waals surface area (Å²) in [6, 6.07) is 10.3. The van der Waals surface area contributed by atoms with Crippen molar-refractivity contribution in [2.45, 2.75) is 45.1 Å². The molecule has 122 valence electrons. The Bertz CT molecular complexity index is 653. The number of rotatable bonds is 5. The SMILES string of the molecule is COc1ccccc1Nc1cc(C)nc(NC2CCCCC2)n1. The Kier molecular flexibility index (Phi) is 4.95. The Morgan fingerprint density at radius 2 is 1.87 bits per heavy atom. The number of nitrogens with zero attached hydrogens (tertiary/aromatic N) is 2. The van der Waals surface area contributed by atoms with Crippen molar-refractivity contribution < 1.29 is 4.74 Å². The van der Waals surface area contributed by atoms with Crippen molar-refractivity contribution >= 4 is 17.5 Å². The molecule has 0 bridgehead atoms. The van der Waals surface area contributed by atoms with Crippen LogP contribution in [0, 0.1) is 6.92 Å². The molecule has 1 saturated carbocycles. The smallest absolute Gasteiger partial charge is 0.225 e. The summed E-state index contributed by atoms with van der Waals surface area (Å²) in [6.07, 6.45) is 6.32. The molecule has 0 aliphatic heterocycles. The lowest BCUT2D eigenvalue weighted by Gasteiger charge is -2.23. The largest absolute Gasteiger partial charge is 0.495 e. The van der Waals surface area contributed by atoms with Crippen molar-refractivity contribution in [3.63, 3.8) is 0 Å². The Labute approximate surface area is 137 Å². The van der Waals surface area contributed by atoms with Gasteiger partial charge >= 0.3 is 0 Å². The quantitative estimate of drug-likeness (QED) is 0.863. The van der Waals surface area contributed by atoms with Crippen molar-refractivity contribution in [3.8, 4) is 5.75 Å². The van der Waals surface area contributed by atoms with Gasteiger partial charge in [0.15, 0.2) is 0 Å². The second-order valence-electron chi connectivity index (χ2n) is 6.02. The van der Waals surface area contributed by atoms with E-state index in [2.05, 4.69) is 20.6 Å². The van der Waals surface area contributed by atoms with Gasteiger partial charge in [-0.3, -0.25) is 0 Å². The maximum absolute atomic E-state index is 5.38. The second kappa shape index (κ2) is 7.31. The maximum atomic E-state index is 5.38. The first-order valence-electron chi connectivity index (χ1n) is 8.27. The first kappa shape index (κ1) is 15.6. The van der Waals surface area contributed by atoms with Gasteiger partial charge in [-0.25, -0.2) is 4.98 Å². The molecule has 1 fully saturated rings. The topological polar surface area (TPSA) is 59.1 Å². The molecule has 1 heterocycles. The lowest BCUT2D eigenvalue weighted by Crippen LogP contribution is -2.23. The fourth-order valence-electron chi connectivity index (χ4n) is 3.01. The van der Waals surface area contributed by atoms with Gasteiger partial charge in [-0.15, -0.1) is 0 Å². The highest BCUT2D eigenvalue weighted by atomic mass is 16.5. The fraction of sp³-hybridized carbons (Fsp3) is 0.444. The summed E-state index contributed by atoms with van der Waals surface area (Å²) >= 11 is 0. The van der Waals surface area contributed by atoms with Crippen LogP contribution in [0.1, 0.15) is 37.8 Å². The number of hydrogen-bond acceptors (Lipinski definition) is 5. The number of aryl methyl sites for hydroxylation is 1. The average molecular weight is 312 g/mol. The van der Waals surface area contributed by atoms with Crippen molar-refractivity contribution in [1.29, 1.82) is 0 Å². The van der Waals surface area contributed by atoms with Gasteiger partial charge in [0, 0.05) is 17.8 Å². The molecule has 23 heavy (non-hydrogen) atoms. The summed E-state index contributed by atoms with van der Waals surface area (Å²) in [5, 5.41) is 6.81. The summed E-state index contributed by atoms with van der Waals surface area (Å²) in [6.45, 7) is 1.99. The van der Waals surface area contributed by atoms with E-state index in [0.717, 1.165) is 22.9 Å². The molecule has 0 saturated heterocycles. The van der Waals surface area contributed by atoms with Gasteiger partial charge in [0.05, 0.1) is 12.8 Å². The van der Waals surface area contributed by atoms with Crippen LogP contribution in [-0.4, -0.2) is 23.1 Å². The van der Waals surface area contributed by atoms with Crippen LogP contribution in [0.3, 0.4) is 0 Å². The average Bonchev–Trinajstić information content (AvgIpc) is 2.56. The summed E-state index contributed by atoms with van der Waals surface area (Å²) in [5.74, 6) is 2.28. The minimum atomic E-state index is 0.490. The second-order valence-corrected chi connectivity index (χ2v) is 6.02. The van der Waals surface area contributed by atoms with E-state index in [0.29, 0.717) is 12.0 Å². The van der Waals surface area contributed by atoms with Crippen LogP contribution in [0.15, 0.2) is 30.3 Å². The summed E-state index contributed by atoms with van der Waals surface area (Å²) < 4.78 is 5.38. The van der Waals surface area contributed by atoms with Crippen molar-refractivity contribution in [2.24, 2.45) is 0 Å². The first-order chi connectivity index (χ1) is 11.2. The third-order valence-corrected chi connectivity index (χ3v) is 4.16. The Morgan fingerprint density at radius 1 is 1.09 bits per heavy atom. The van der Waals surface area contributed by atoms with Crippen LogP contribution in [0.25, 0.3) is 0 Å². The monoisotopic (exact) mass is 312 g/mol. The Hall–Kier alpha value is -2.30. The molecule has 0 spiro atoms. The predicted octanol–water partition coefficient (Wildman–Crippen LogP) is 4.28. The van der Waals surface area contributed by atoms with Gasteiger partial charge in [0.1, 0.15) is 11.6 Å². The van der Waals surface area contributed by atoms with Crippen LogP contribution in [0.4, 0.5) is 17.5 Å². The lowest BCUT2D eigenvalue weighted by atomic mass is 9.96. The highest BCUT2D eigenvalue weighted by Gasteiger charge is 2.15. The van der Waals surface area contributed by atoms with Crippen LogP contribution in [0.2, 0.25) is 0 Å². The number of anilines is 3. The molecule has 0 atom stereocenters. The van der Waals surface area contributed by atoms with Gasteiger partial charge in [0.2, 0.25) is 5.95 Å². The van der Waals surface area contributed by atoms with Crippen molar-refractivity contribution in [2.75, 3.05) is 17.7 Å². The molecule has 0 unspecified atom stereocenters. The van der Waals surface area contributed by atoms with E-state index in [1.54, 1.807) is 7.11 Å². The molecule has 1 aliphatic rings. The van der Waals surface area contributed by atoms with Crippen LogP contribution >= 0.6 is 0 Å². The van der Waals surface area contributed by atoms with Gasteiger partial charge < -0.3 is 15.4 Å². The molecule has 5 heteroatoms. The van der Waals surface area contributed by atoms with Gasteiger partial charge in [0.25, 0.3) is 0 Å². The zero-order valence-corrected chi connectivity index (χ0v) is 13.8. The third kappa shape index (κ3) is 4.12. The molecule has 0 radical (unpaired) electrons. The number of aromatic nitrogens is 2. The molecule has 0 amide bonds. The van der Waals surface area contributed by atoms with E-state index in [1.165, 1.54) is 32.1 Å². The van der Waals surface area contributed by atoms with E-state index in [9.17, 15) is 0 Å². The number of nitrogens with one attached hydrogen (secondary N) is 2. The fourth-order valence-corrected chi connectivity index (χ4v) is 3.01. The van der Waals surface area contributed by atoms with E-state index in [1.807, 2.05) is 37.3 Å². The van der Waals surface area contributed by atoms with Crippen LogP contribution in [-0.2, 0) is 0 Å². The van der Waals surface area contributed by atoms with E-state index < -0.39 is 0 Å². The van der Waals surface area contributed by atoms with Crippen LogP contribution in [0.5, 0.6) is 5.75 Å². The molecular weight excluding hydrogens is 288 g/mol. The van der Waals surface area contributed by atoms with Crippen molar-refractivity contribution in [3.05, 3.63) is 36.0 Å². The molecule has 5 nitrogen and oxygen atoms in total. The number of hydrogen-bond donors (Lipinski definition) is 2. The van der Waals surface area contributed by atoms with E-state index >= 15 is 0 Å². The molecule has 1 aromatic heterocycles. The molecule has 2 aromatic rings. The predicted molar refractivity (Wildman–Crippen MR) is 93.5 cm³/mol. The number of methoxy groups -OCH3 is 1. The van der Waals surface area contributed by atoms with Gasteiger partial charge in [-0.2, -0.15) is 4.98 Å². The Morgan fingerprint density at radius 3 is 2.65 bits per heavy atom. The summed E-state index contributed by atoms with van der Waals surface area (Å²) in [7, 11) is 1.67. The Balaban J connectivity index is 1.77. The summed E-state index contributed by atoms with van der Waals surface area (Å²) in [4.78, 5) is 9.13. The minimum absolute atomic E-state index is 0.490. The molecule has 1 aliphatic carbocycles. The maximum Gasteiger partial charge on any atom is 0.225 e. The lowest BCUT2D eigenvalue weighted by molar-refractivity contribution is 0.417. The first-order valence-corrected chi connectivity index (χ1v) is 8.27. The van der Waals surface area contributed by atoms with Crippen molar-refractivity contribution in [1.82, 2.24) is 9.97 Å². The van der Waals surface area contributed by atoms with Crippen LogP contribution < -0.4 is 15.4 Å². The highest BCUT2D eigenvalue weighted by Crippen LogP contribution is 2.27. The molecule has 3 rings (SSSR count). The van der Waals surface area contributed by atoms with E-state index in [-0.39, 0.29) is 0 Å². The number of para-hydroxylation sites is 2. The zero-order valence-electron chi connectivity index (χ0n) is 13.8. The number of benzene rings is 1. The van der Waals surface area contributed by atoms with Gasteiger partial charge in [-0.05, 0) is 31.9 Å². The zero-order chi connectivity index (χ0) is 16.1. The molecule has 2 N–H and O–H groups in total. The van der Waals surface area contributed by atoms with Gasteiger partial charge in [-0.1, -0.05) is 31.4 Å². The standard InChI is InChI=1S/C18H24N4O/c1-13-12-17(21-15-10-6-7-11-16(15)23-2)22-18(19-13)20-14-8-4-3-5-9-14/h6-7,10-12,14H,3-5,8-9H2,1-2H3,(H2,19,20,21,22). The van der Waals surface area contributed by atoms with E-state index in [4.69, 9.17) is 4.74 Å². The molecular formula is C18H24N4O. The minimum Gasteiger partial charge on any atom is -0.495 e. The highest BCUT2D eigenvalue weighted by molar-refractivity contribution is 5.64. The number of ether oxygens (including phenoxy) is 1.